The third-order valence-corrected chi connectivity index (χ3v) is 4.51. The number of benzene rings is 2. The molecule has 5 nitrogen and oxygen atoms in total. The maximum Gasteiger partial charge on any atom is 0.408 e. The molecule has 2 amide bonds. The van der Waals surface area contributed by atoms with Crippen LogP contribution in [-0.4, -0.2) is 18.0 Å². The highest BCUT2D eigenvalue weighted by Crippen LogP contribution is 2.19. The van der Waals surface area contributed by atoms with Crippen LogP contribution in [0.5, 0.6) is 0 Å². The van der Waals surface area contributed by atoms with E-state index in [9.17, 15) is 14.0 Å². The summed E-state index contributed by atoms with van der Waals surface area (Å²) in [4.78, 5) is 24.8. The van der Waals surface area contributed by atoms with Gasteiger partial charge in [0.05, 0.1) is 0 Å². The molecule has 0 bridgehead atoms. The second-order valence-corrected chi connectivity index (χ2v) is 6.47. The summed E-state index contributed by atoms with van der Waals surface area (Å²) in [5.41, 5.74) is 1.58. The Morgan fingerprint density at radius 2 is 1.81 bits per heavy atom. The average molecular weight is 372 g/mol. The first kappa shape index (κ1) is 20.4. The molecule has 0 unspecified atom stereocenters. The Morgan fingerprint density at radius 1 is 1.11 bits per heavy atom. The molecule has 0 spiro atoms. The highest BCUT2D eigenvalue weighted by Gasteiger charge is 2.27. The van der Waals surface area contributed by atoms with Gasteiger partial charge in [0.1, 0.15) is 18.5 Å². The Balaban J connectivity index is 2.02. The van der Waals surface area contributed by atoms with Crippen LogP contribution in [0.3, 0.4) is 0 Å². The van der Waals surface area contributed by atoms with Crippen molar-refractivity contribution in [3.63, 3.8) is 0 Å². The largest absolute Gasteiger partial charge is 0.445 e. The minimum absolute atomic E-state index is 0.116. The summed E-state index contributed by atoms with van der Waals surface area (Å²) in [6, 6.07) is 13.0. The molecule has 0 heterocycles. The Labute approximate surface area is 158 Å². The van der Waals surface area contributed by atoms with Crippen molar-refractivity contribution in [2.75, 3.05) is 5.32 Å². The molecule has 144 valence electrons. The molecule has 0 saturated carbocycles. The Morgan fingerprint density at radius 3 is 2.48 bits per heavy atom. The van der Waals surface area contributed by atoms with Crippen molar-refractivity contribution >= 4 is 17.7 Å². The maximum atomic E-state index is 13.7. The number of carbonyl (C=O) groups is 2. The zero-order chi connectivity index (χ0) is 19.8. The lowest BCUT2D eigenvalue weighted by Crippen LogP contribution is -2.47. The van der Waals surface area contributed by atoms with Gasteiger partial charge in [-0.15, -0.1) is 0 Å². The summed E-state index contributed by atoms with van der Waals surface area (Å²) in [5.74, 6) is -0.930. The van der Waals surface area contributed by atoms with Crippen LogP contribution in [-0.2, 0) is 16.1 Å². The fourth-order valence-electron chi connectivity index (χ4n) is 2.55. The lowest BCUT2D eigenvalue weighted by molar-refractivity contribution is -0.119. The Hall–Kier alpha value is -2.89. The van der Waals surface area contributed by atoms with Gasteiger partial charge in [0, 0.05) is 11.3 Å². The average Bonchev–Trinajstić information content (AvgIpc) is 2.68. The fourth-order valence-corrected chi connectivity index (χ4v) is 2.55. The SMILES string of the molecule is CC[C@@H](C)[C@@H](NC(=O)OCc1ccccc1)C(=O)Nc1cccc(F)c1C. The lowest BCUT2D eigenvalue weighted by Gasteiger charge is -2.23. The molecular formula is C21H25FN2O3. The molecule has 2 aromatic carbocycles. The van der Waals surface area contributed by atoms with Gasteiger partial charge in [0.2, 0.25) is 5.91 Å². The molecular weight excluding hydrogens is 347 g/mol. The van der Waals surface area contributed by atoms with E-state index >= 15 is 0 Å². The van der Waals surface area contributed by atoms with Crippen molar-refractivity contribution in [2.45, 2.75) is 39.8 Å². The van der Waals surface area contributed by atoms with E-state index in [1.165, 1.54) is 12.1 Å². The number of hydrogen-bond donors (Lipinski definition) is 2. The van der Waals surface area contributed by atoms with Gasteiger partial charge in [-0.1, -0.05) is 56.7 Å². The minimum Gasteiger partial charge on any atom is -0.445 e. The molecule has 2 atom stereocenters. The first-order chi connectivity index (χ1) is 12.9. The van der Waals surface area contributed by atoms with E-state index in [0.29, 0.717) is 17.7 Å². The van der Waals surface area contributed by atoms with Gasteiger partial charge < -0.3 is 15.4 Å². The van der Waals surface area contributed by atoms with E-state index in [0.717, 1.165) is 5.56 Å². The number of amides is 2. The monoisotopic (exact) mass is 372 g/mol. The highest BCUT2D eigenvalue weighted by atomic mass is 19.1. The summed E-state index contributed by atoms with van der Waals surface area (Å²) >= 11 is 0. The van der Waals surface area contributed by atoms with Gasteiger partial charge in [-0.3, -0.25) is 4.79 Å². The predicted octanol–water partition coefficient (Wildman–Crippen LogP) is 4.41. The third-order valence-electron chi connectivity index (χ3n) is 4.51. The van der Waals surface area contributed by atoms with Gasteiger partial charge in [0.15, 0.2) is 0 Å². The zero-order valence-corrected chi connectivity index (χ0v) is 15.8. The molecule has 2 N–H and O–H groups in total. The third kappa shape index (κ3) is 5.81. The fraction of sp³-hybridized carbons (Fsp3) is 0.333. The summed E-state index contributed by atoms with van der Waals surface area (Å²) in [6.45, 7) is 5.49. The number of rotatable bonds is 7. The zero-order valence-electron chi connectivity index (χ0n) is 15.8. The van der Waals surface area contributed by atoms with E-state index in [1.54, 1.807) is 13.0 Å². The van der Waals surface area contributed by atoms with Gasteiger partial charge >= 0.3 is 6.09 Å². The summed E-state index contributed by atoms with van der Waals surface area (Å²) in [7, 11) is 0. The molecule has 0 aliphatic carbocycles. The smallest absolute Gasteiger partial charge is 0.408 e. The molecule has 0 aliphatic rings. The van der Waals surface area contributed by atoms with E-state index in [1.807, 2.05) is 44.2 Å². The summed E-state index contributed by atoms with van der Waals surface area (Å²) < 4.78 is 18.9. The normalized spacial score (nSPS) is 12.7. The molecule has 2 rings (SSSR count). The van der Waals surface area contributed by atoms with E-state index < -0.39 is 23.9 Å². The van der Waals surface area contributed by atoms with E-state index in [-0.39, 0.29) is 12.5 Å². The number of carbonyl (C=O) groups excluding carboxylic acids is 2. The maximum absolute atomic E-state index is 13.7. The van der Waals surface area contributed by atoms with Crippen molar-refractivity contribution in [3.8, 4) is 0 Å². The van der Waals surface area contributed by atoms with Crippen LogP contribution in [0.2, 0.25) is 0 Å². The first-order valence-electron chi connectivity index (χ1n) is 8.95. The first-order valence-corrected chi connectivity index (χ1v) is 8.95. The summed E-state index contributed by atoms with van der Waals surface area (Å²) in [5, 5.41) is 5.32. The van der Waals surface area contributed by atoms with Gasteiger partial charge in [-0.05, 0) is 30.5 Å². The van der Waals surface area contributed by atoms with Crippen molar-refractivity contribution in [1.82, 2.24) is 5.32 Å². The number of halogens is 1. The van der Waals surface area contributed by atoms with Gasteiger partial charge in [0.25, 0.3) is 0 Å². The van der Waals surface area contributed by atoms with Crippen LogP contribution >= 0.6 is 0 Å². The number of ether oxygens (including phenoxy) is 1. The predicted molar refractivity (Wildman–Crippen MR) is 103 cm³/mol. The summed E-state index contributed by atoms with van der Waals surface area (Å²) in [6.07, 6.45) is 0.00870. The molecule has 0 aliphatic heterocycles. The second-order valence-electron chi connectivity index (χ2n) is 6.47. The van der Waals surface area contributed by atoms with Crippen molar-refractivity contribution < 1.29 is 18.7 Å². The van der Waals surface area contributed by atoms with Gasteiger partial charge in [-0.25, -0.2) is 9.18 Å². The van der Waals surface area contributed by atoms with Crippen molar-refractivity contribution in [3.05, 3.63) is 65.5 Å². The highest BCUT2D eigenvalue weighted by molar-refractivity contribution is 5.97. The molecule has 0 fully saturated rings. The van der Waals surface area contributed by atoms with Crippen molar-refractivity contribution in [1.29, 1.82) is 0 Å². The van der Waals surface area contributed by atoms with Crippen LogP contribution in [0, 0.1) is 18.7 Å². The number of hydrogen-bond acceptors (Lipinski definition) is 3. The van der Waals surface area contributed by atoms with E-state index in [4.69, 9.17) is 4.74 Å². The molecule has 0 saturated heterocycles. The minimum atomic E-state index is -0.791. The quantitative estimate of drug-likeness (QED) is 0.756. The number of anilines is 1. The standard InChI is InChI=1S/C21H25FN2O3/c1-4-14(2)19(20(25)23-18-12-8-11-17(22)15(18)3)24-21(26)27-13-16-9-6-5-7-10-16/h5-12,14,19H,4,13H2,1-3H3,(H,23,25)(H,24,26)/t14-,19-/m1/s1. The molecule has 0 aromatic heterocycles. The number of alkyl carbamates (subject to hydrolysis) is 1. The van der Waals surface area contributed by atoms with Crippen LogP contribution in [0.25, 0.3) is 0 Å². The Kier molecular flexibility index (Phi) is 7.34. The Bertz CT molecular complexity index is 780. The molecule has 0 radical (unpaired) electrons. The van der Waals surface area contributed by atoms with Gasteiger partial charge in [-0.2, -0.15) is 0 Å². The van der Waals surface area contributed by atoms with Crippen LogP contribution < -0.4 is 10.6 Å². The van der Waals surface area contributed by atoms with Crippen LogP contribution in [0.4, 0.5) is 14.9 Å². The second kappa shape index (κ2) is 9.71. The molecule has 2 aromatic rings. The molecule has 6 heteroatoms. The topological polar surface area (TPSA) is 67.4 Å². The number of nitrogens with one attached hydrogen (secondary N) is 2. The van der Waals surface area contributed by atoms with Crippen LogP contribution in [0.1, 0.15) is 31.4 Å². The lowest BCUT2D eigenvalue weighted by atomic mass is 9.98. The van der Waals surface area contributed by atoms with Crippen molar-refractivity contribution in [2.24, 2.45) is 5.92 Å². The van der Waals surface area contributed by atoms with Crippen LogP contribution in [0.15, 0.2) is 48.5 Å². The van der Waals surface area contributed by atoms with E-state index in [2.05, 4.69) is 10.6 Å². The molecule has 27 heavy (non-hydrogen) atoms.